The van der Waals surface area contributed by atoms with Gasteiger partial charge in [-0.05, 0) is 6.92 Å². The van der Waals surface area contributed by atoms with Crippen molar-refractivity contribution in [3.63, 3.8) is 0 Å². The first-order valence-corrected chi connectivity index (χ1v) is 8.09. The second kappa shape index (κ2) is 6.47. The zero-order chi connectivity index (χ0) is 16.4. The number of ether oxygens (including phenoxy) is 1. The minimum absolute atomic E-state index is 0.0472. The van der Waals surface area contributed by atoms with E-state index in [1.807, 2.05) is 31.2 Å². The van der Waals surface area contributed by atoms with Crippen LogP contribution in [0.3, 0.4) is 0 Å². The Morgan fingerprint density at radius 3 is 2.78 bits per heavy atom. The maximum absolute atomic E-state index is 12.5. The highest BCUT2D eigenvalue weighted by Crippen LogP contribution is 2.25. The summed E-state index contributed by atoms with van der Waals surface area (Å²) in [7, 11) is 0. The number of carbonyl (C=O) groups is 2. The van der Waals surface area contributed by atoms with Gasteiger partial charge >= 0.3 is 5.97 Å². The maximum atomic E-state index is 12.5. The van der Waals surface area contributed by atoms with Crippen molar-refractivity contribution < 1.29 is 19.4 Å². The number of rotatable bonds is 3. The van der Waals surface area contributed by atoms with Crippen LogP contribution in [0.5, 0.6) is 0 Å². The Morgan fingerprint density at radius 1 is 1.35 bits per heavy atom. The van der Waals surface area contributed by atoms with E-state index >= 15 is 0 Å². The third kappa shape index (κ3) is 3.40. The van der Waals surface area contributed by atoms with Crippen molar-refractivity contribution in [1.29, 1.82) is 0 Å². The summed E-state index contributed by atoms with van der Waals surface area (Å²) in [5.74, 6) is -1.31. The number of thiazole rings is 1. The number of aliphatic carboxylic acids is 1. The van der Waals surface area contributed by atoms with Crippen LogP contribution in [0.4, 0.5) is 0 Å². The number of amides is 1. The largest absolute Gasteiger partial charge is 0.479 e. The fourth-order valence-corrected chi connectivity index (χ4v) is 3.15. The molecule has 1 aliphatic heterocycles. The first-order chi connectivity index (χ1) is 11.0. The second-order valence-corrected chi connectivity index (χ2v) is 6.21. The van der Waals surface area contributed by atoms with Crippen LogP contribution in [-0.4, -0.2) is 52.7 Å². The molecule has 2 aromatic rings. The molecule has 1 aliphatic rings. The van der Waals surface area contributed by atoms with Crippen LogP contribution >= 0.6 is 11.3 Å². The molecule has 1 fully saturated rings. The highest BCUT2D eigenvalue weighted by Gasteiger charge is 2.30. The van der Waals surface area contributed by atoms with E-state index in [0.29, 0.717) is 12.2 Å². The van der Waals surface area contributed by atoms with E-state index in [1.54, 1.807) is 5.38 Å². The van der Waals surface area contributed by atoms with Crippen LogP contribution in [0.2, 0.25) is 0 Å². The highest BCUT2D eigenvalue weighted by atomic mass is 32.1. The van der Waals surface area contributed by atoms with E-state index in [9.17, 15) is 9.59 Å². The van der Waals surface area contributed by atoms with Gasteiger partial charge in [-0.1, -0.05) is 29.8 Å². The van der Waals surface area contributed by atoms with E-state index in [1.165, 1.54) is 16.2 Å². The molecule has 2 heterocycles. The molecule has 23 heavy (non-hydrogen) atoms. The monoisotopic (exact) mass is 332 g/mol. The summed E-state index contributed by atoms with van der Waals surface area (Å²) in [4.78, 5) is 29.4. The van der Waals surface area contributed by atoms with Crippen molar-refractivity contribution in [3.8, 4) is 10.6 Å². The van der Waals surface area contributed by atoms with Crippen LogP contribution in [0, 0.1) is 6.92 Å². The SMILES string of the molecule is Cc1ccc(-c2nc(C(=O)N3CCO[C@H](C(=O)O)C3)cs2)cc1. The molecular formula is C16H16N2O4S. The number of morpholine rings is 1. The number of carboxylic acids is 1. The van der Waals surface area contributed by atoms with Crippen LogP contribution in [0.1, 0.15) is 16.1 Å². The van der Waals surface area contributed by atoms with Crippen LogP contribution in [-0.2, 0) is 9.53 Å². The fraction of sp³-hybridized carbons (Fsp3) is 0.312. The van der Waals surface area contributed by atoms with Crippen molar-refractivity contribution in [3.05, 3.63) is 40.9 Å². The zero-order valence-electron chi connectivity index (χ0n) is 12.6. The van der Waals surface area contributed by atoms with Gasteiger partial charge in [-0.25, -0.2) is 9.78 Å². The lowest BCUT2D eigenvalue weighted by molar-refractivity contribution is -0.154. The Hall–Kier alpha value is -2.25. The summed E-state index contributed by atoms with van der Waals surface area (Å²) in [6.45, 7) is 2.65. The van der Waals surface area contributed by atoms with Gasteiger partial charge in [0.25, 0.3) is 5.91 Å². The molecule has 0 bridgehead atoms. The quantitative estimate of drug-likeness (QED) is 0.930. The number of benzene rings is 1. The van der Waals surface area contributed by atoms with E-state index in [-0.39, 0.29) is 19.1 Å². The van der Waals surface area contributed by atoms with Gasteiger partial charge in [-0.3, -0.25) is 4.79 Å². The fourth-order valence-electron chi connectivity index (χ4n) is 2.35. The standard InChI is InChI=1S/C16H16N2O4S/c1-10-2-4-11(5-3-10)14-17-12(9-23-14)15(19)18-6-7-22-13(8-18)16(20)21/h2-5,9,13H,6-8H2,1H3,(H,20,21)/t13-/m0/s1. The molecule has 3 rings (SSSR count). The molecule has 0 saturated carbocycles. The molecule has 7 heteroatoms. The van der Waals surface area contributed by atoms with Gasteiger partial charge in [0, 0.05) is 17.5 Å². The van der Waals surface area contributed by atoms with Crippen molar-refractivity contribution >= 4 is 23.2 Å². The van der Waals surface area contributed by atoms with Crippen molar-refractivity contribution in [1.82, 2.24) is 9.88 Å². The van der Waals surface area contributed by atoms with Crippen molar-refractivity contribution in [2.24, 2.45) is 0 Å². The van der Waals surface area contributed by atoms with E-state index in [0.717, 1.165) is 16.1 Å². The Bertz CT molecular complexity index is 726. The molecular weight excluding hydrogens is 316 g/mol. The first-order valence-electron chi connectivity index (χ1n) is 7.21. The third-order valence-electron chi connectivity index (χ3n) is 3.65. The maximum Gasteiger partial charge on any atom is 0.334 e. The number of hydrogen-bond acceptors (Lipinski definition) is 5. The van der Waals surface area contributed by atoms with Gasteiger partial charge in [-0.15, -0.1) is 11.3 Å². The average Bonchev–Trinajstić information content (AvgIpc) is 3.05. The molecule has 6 nitrogen and oxygen atoms in total. The predicted octanol–water partition coefficient (Wildman–Crippen LogP) is 2.04. The molecule has 0 radical (unpaired) electrons. The van der Waals surface area contributed by atoms with Crippen molar-refractivity contribution in [2.45, 2.75) is 13.0 Å². The molecule has 120 valence electrons. The molecule has 1 aromatic heterocycles. The summed E-state index contributed by atoms with van der Waals surface area (Å²) in [5.41, 5.74) is 2.47. The summed E-state index contributed by atoms with van der Waals surface area (Å²) in [5, 5.41) is 11.5. The Kier molecular flexibility index (Phi) is 4.40. The topological polar surface area (TPSA) is 79.7 Å². The number of hydrogen-bond donors (Lipinski definition) is 1. The average molecular weight is 332 g/mol. The zero-order valence-corrected chi connectivity index (χ0v) is 13.4. The molecule has 1 N–H and O–H groups in total. The molecule has 1 amide bonds. The number of aromatic nitrogens is 1. The van der Waals surface area contributed by atoms with Gasteiger partial charge in [0.15, 0.2) is 6.10 Å². The summed E-state index contributed by atoms with van der Waals surface area (Å²) >= 11 is 1.40. The highest BCUT2D eigenvalue weighted by molar-refractivity contribution is 7.13. The van der Waals surface area contributed by atoms with Gasteiger partial charge in [0.2, 0.25) is 0 Å². The number of nitrogens with zero attached hydrogens (tertiary/aromatic N) is 2. The predicted molar refractivity (Wildman–Crippen MR) is 85.6 cm³/mol. The van der Waals surface area contributed by atoms with Crippen LogP contribution < -0.4 is 0 Å². The van der Waals surface area contributed by atoms with E-state index in [4.69, 9.17) is 9.84 Å². The van der Waals surface area contributed by atoms with Crippen LogP contribution in [0.15, 0.2) is 29.6 Å². The summed E-state index contributed by atoms with van der Waals surface area (Å²) < 4.78 is 5.13. The Balaban J connectivity index is 1.75. The molecule has 0 aliphatic carbocycles. The minimum Gasteiger partial charge on any atom is -0.479 e. The first kappa shape index (κ1) is 15.6. The van der Waals surface area contributed by atoms with Gasteiger partial charge in [0.1, 0.15) is 10.7 Å². The van der Waals surface area contributed by atoms with Gasteiger partial charge in [-0.2, -0.15) is 0 Å². The normalized spacial score (nSPS) is 18.0. The lowest BCUT2D eigenvalue weighted by Gasteiger charge is -2.30. The number of aryl methyl sites for hydroxylation is 1. The van der Waals surface area contributed by atoms with E-state index in [2.05, 4.69) is 4.98 Å². The Labute approximate surface area is 137 Å². The van der Waals surface area contributed by atoms with Gasteiger partial charge in [0.05, 0.1) is 13.2 Å². The lowest BCUT2D eigenvalue weighted by Crippen LogP contribution is -2.48. The number of carbonyl (C=O) groups excluding carboxylic acids is 1. The smallest absolute Gasteiger partial charge is 0.334 e. The third-order valence-corrected chi connectivity index (χ3v) is 4.54. The van der Waals surface area contributed by atoms with E-state index < -0.39 is 12.1 Å². The minimum atomic E-state index is -1.05. The number of carboxylic acid groups (broad SMARTS) is 1. The molecule has 1 atom stereocenters. The molecule has 0 spiro atoms. The van der Waals surface area contributed by atoms with Crippen LogP contribution in [0.25, 0.3) is 10.6 Å². The lowest BCUT2D eigenvalue weighted by atomic mass is 10.2. The second-order valence-electron chi connectivity index (χ2n) is 5.35. The molecule has 0 unspecified atom stereocenters. The Morgan fingerprint density at radius 2 is 2.09 bits per heavy atom. The van der Waals surface area contributed by atoms with Gasteiger partial charge < -0.3 is 14.7 Å². The molecule has 1 aromatic carbocycles. The summed E-state index contributed by atoms with van der Waals surface area (Å²) in [6, 6.07) is 7.94. The molecule has 1 saturated heterocycles. The summed E-state index contributed by atoms with van der Waals surface area (Å²) in [6.07, 6.45) is -0.970. The van der Waals surface area contributed by atoms with Crippen molar-refractivity contribution in [2.75, 3.05) is 19.7 Å².